The smallest absolute Gasteiger partial charge is 0.356 e. The fourth-order valence-corrected chi connectivity index (χ4v) is 2.23. The van der Waals surface area contributed by atoms with Gasteiger partial charge in [-0.3, -0.25) is 4.68 Å². The lowest BCUT2D eigenvalue weighted by Crippen LogP contribution is -2.00. The first-order valence-corrected chi connectivity index (χ1v) is 6.00. The Bertz CT molecular complexity index is 642. The van der Waals surface area contributed by atoms with Crippen molar-refractivity contribution in [1.82, 2.24) is 9.78 Å². The van der Waals surface area contributed by atoms with Crippen molar-refractivity contribution in [2.75, 3.05) is 0 Å². The van der Waals surface area contributed by atoms with Gasteiger partial charge in [0.1, 0.15) is 0 Å². The third-order valence-electron chi connectivity index (χ3n) is 2.40. The summed E-state index contributed by atoms with van der Waals surface area (Å²) in [5, 5.41) is 12.6. The molecule has 0 radical (unpaired) electrons. The highest BCUT2D eigenvalue weighted by molar-refractivity contribution is 9.10. The molecule has 1 heterocycles. The van der Waals surface area contributed by atoms with Gasteiger partial charge in [-0.25, -0.2) is 9.18 Å². The average Bonchev–Trinajstić information content (AvgIpc) is 2.67. The number of carbonyl (C=O) groups is 1. The fourth-order valence-electron chi connectivity index (χ4n) is 1.57. The second kappa shape index (κ2) is 4.70. The molecule has 4 nitrogen and oxygen atoms in total. The van der Waals surface area contributed by atoms with Gasteiger partial charge in [0, 0.05) is 11.5 Å². The van der Waals surface area contributed by atoms with Crippen LogP contribution in [-0.4, -0.2) is 20.9 Å². The fraction of sp³-hybridized carbons (Fsp3) is 0.0909. The second-order valence-electron chi connectivity index (χ2n) is 3.56. The molecule has 2 aromatic rings. The number of benzene rings is 1. The molecule has 0 bridgehead atoms. The van der Waals surface area contributed by atoms with Crippen molar-refractivity contribution in [2.45, 2.75) is 0 Å². The molecule has 0 saturated carbocycles. The highest BCUT2D eigenvalue weighted by Gasteiger charge is 2.19. The summed E-state index contributed by atoms with van der Waals surface area (Å²) in [4.78, 5) is 10.8. The first-order chi connectivity index (χ1) is 8.41. The monoisotopic (exact) mass is 332 g/mol. The van der Waals surface area contributed by atoms with Gasteiger partial charge in [0.05, 0.1) is 16.3 Å². The Balaban J connectivity index is 2.69. The van der Waals surface area contributed by atoms with E-state index in [1.807, 2.05) is 0 Å². The first kappa shape index (κ1) is 13.0. The zero-order chi connectivity index (χ0) is 13.4. The molecule has 0 aliphatic rings. The number of aryl methyl sites for hydroxylation is 1. The van der Waals surface area contributed by atoms with Gasteiger partial charge in [-0.2, -0.15) is 5.10 Å². The Kier molecular flexibility index (Phi) is 3.41. The van der Waals surface area contributed by atoms with E-state index >= 15 is 0 Å². The van der Waals surface area contributed by atoms with Gasteiger partial charge in [-0.15, -0.1) is 0 Å². The van der Waals surface area contributed by atoms with Gasteiger partial charge >= 0.3 is 5.97 Å². The van der Waals surface area contributed by atoms with Crippen molar-refractivity contribution in [3.05, 3.63) is 39.2 Å². The molecule has 0 amide bonds. The molecule has 0 unspecified atom stereocenters. The van der Waals surface area contributed by atoms with Crippen molar-refractivity contribution < 1.29 is 14.3 Å². The summed E-state index contributed by atoms with van der Waals surface area (Å²) in [6.45, 7) is 0. The van der Waals surface area contributed by atoms with E-state index in [1.54, 1.807) is 6.07 Å². The van der Waals surface area contributed by atoms with E-state index in [-0.39, 0.29) is 16.3 Å². The maximum atomic E-state index is 14.0. The minimum Gasteiger partial charge on any atom is -0.476 e. The molecule has 0 fully saturated rings. The molecule has 1 N–H and O–H groups in total. The van der Waals surface area contributed by atoms with E-state index in [9.17, 15) is 9.18 Å². The van der Waals surface area contributed by atoms with Gasteiger partial charge in [0.25, 0.3) is 0 Å². The zero-order valence-corrected chi connectivity index (χ0v) is 11.5. The molecule has 1 aromatic carbocycles. The lowest BCUT2D eigenvalue weighted by Gasteiger charge is -2.07. The minimum atomic E-state index is -1.17. The highest BCUT2D eigenvalue weighted by Crippen LogP contribution is 2.34. The van der Waals surface area contributed by atoms with Crippen molar-refractivity contribution in [1.29, 1.82) is 0 Å². The molecule has 94 valence electrons. The summed E-state index contributed by atoms with van der Waals surface area (Å²) in [5.74, 6) is -1.79. The number of hydrogen-bond donors (Lipinski definition) is 1. The molecule has 2 rings (SSSR count). The molecule has 1 aromatic heterocycles. The van der Waals surface area contributed by atoms with Crippen molar-refractivity contribution >= 4 is 33.5 Å². The normalized spacial score (nSPS) is 10.7. The van der Waals surface area contributed by atoms with Crippen LogP contribution in [0.15, 0.2) is 22.7 Å². The van der Waals surface area contributed by atoms with Crippen molar-refractivity contribution in [3.63, 3.8) is 0 Å². The van der Waals surface area contributed by atoms with E-state index < -0.39 is 11.8 Å². The van der Waals surface area contributed by atoms with E-state index in [2.05, 4.69) is 21.0 Å². The number of carboxylic acid groups (broad SMARTS) is 1. The third-order valence-corrected chi connectivity index (χ3v) is 3.35. The van der Waals surface area contributed by atoms with Crippen LogP contribution in [0.5, 0.6) is 0 Å². The van der Waals surface area contributed by atoms with Crippen molar-refractivity contribution in [3.8, 4) is 11.3 Å². The summed E-state index contributed by atoms with van der Waals surface area (Å²) in [6.07, 6.45) is 0. The number of rotatable bonds is 2. The van der Waals surface area contributed by atoms with Crippen LogP contribution >= 0.6 is 27.5 Å². The van der Waals surface area contributed by atoms with Crippen LogP contribution in [0, 0.1) is 5.82 Å². The Morgan fingerprint density at radius 3 is 2.78 bits per heavy atom. The molecule has 7 heteroatoms. The number of aromatic nitrogens is 2. The molecular formula is C11H7BrClFN2O2. The van der Waals surface area contributed by atoms with E-state index in [0.29, 0.717) is 10.2 Å². The zero-order valence-electron chi connectivity index (χ0n) is 9.12. The minimum absolute atomic E-state index is 0.0359. The van der Waals surface area contributed by atoms with E-state index in [4.69, 9.17) is 16.7 Å². The Morgan fingerprint density at radius 2 is 2.22 bits per heavy atom. The van der Waals surface area contributed by atoms with Gasteiger partial charge in [-0.1, -0.05) is 11.6 Å². The van der Waals surface area contributed by atoms with Crippen LogP contribution in [-0.2, 0) is 7.05 Å². The number of aromatic carboxylic acids is 1. The van der Waals surface area contributed by atoms with Crippen LogP contribution < -0.4 is 0 Å². The van der Waals surface area contributed by atoms with Crippen LogP contribution in [0.3, 0.4) is 0 Å². The van der Waals surface area contributed by atoms with Crippen LogP contribution in [0.25, 0.3) is 11.3 Å². The van der Waals surface area contributed by atoms with Crippen molar-refractivity contribution in [2.24, 2.45) is 7.05 Å². The standard InChI is InChI=1S/C11H7BrClFN2O2/c1-16-8(4-7(15-16)11(17)18)9-5(12)2-3-6(13)10(9)14/h2-4H,1H3,(H,17,18). The lowest BCUT2D eigenvalue weighted by molar-refractivity contribution is 0.0689. The molecular weight excluding hydrogens is 326 g/mol. The summed E-state index contributed by atoms with van der Waals surface area (Å²) < 4.78 is 15.8. The summed E-state index contributed by atoms with van der Waals surface area (Å²) in [6, 6.07) is 4.30. The largest absolute Gasteiger partial charge is 0.476 e. The SMILES string of the molecule is Cn1nc(C(=O)O)cc1-c1c(Br)ccc(Cl)c1F. The molecule has 0 spiro atoms. The maximum Gasteiger partial charge on any atom is 0.356 e. The summed E-state index contributed by atoms with van der Waals surface area (Å²) in [7, 11) is 1.54. The molecule has 0 atom stereocenters. The van der Waals surface area contributed by atoms with Gasteiger partial charge < -0.3 is 5.11 Å². The predicted molar refractivity (Wildman–Crippen MR) is 68.3 cm³/mol. The van der Waals surface area contributed by atoms with Crippen LogP contribution in [0.2, 0.25) is 5.02 Å². The second-order valence-corrected chi connectivity index (χ2v) is 4.82. The average molecular weight is 334 g/mol. The van der Waals surface area contributed by atoms with Gasteiger partial charge in [0.2, 0.25) is 0 Å². The quantitative estimate of drug-likeness (QED) is 0.858. The van der Waals surface area contributed by atoms with Gasteiger partial charge in [-0.05, 0) is 34.1 Å². The maximum absolute atomic E-state index is 14.0. The summed E-state index contributed by atoms with van der Waals surface area (Å²) in [5.41, 5.74) is 0.364. The first-order valence-electron chi connectivity index (χ1n) is 4.83. The van der Waals surface area contributed by atoms with Crippen LogP contribution in [0.1, 0.15) is 10.5 Å². The highest BCUT2D eigenvalue weighted by atomic mass is 79.9. The lowest BCUT2D eigenvalue weighted by atomic mass is 10.1. The number of nitrogens with zero attached hydrogens (tertiary/aromatic N) is 2. The number of carboxylic acids is 1. The Morgan fingerprint density at radius 1 is 1.56 bits per heavy atom. The molecule has 0 aliphatic carbocycles. The Labute approximate surface area is 115 Å². The molecule has 18 heavy (non-hydrogen) atoms. The van der Waals surface area contributed by atoms with Gasteiger partial charge in [0.15, 0.2) is 11.5 Å². The van der Waals surface area contributed by atoms with E-state index in [1.165, 1.54) is 23.9 Å². The third kappa shape index (κ3) is 2.13. The number of hydrogen-bond acceptors (Lipinski definition) is 2. The number of halogens is 3. The van der Waals surface area contributed by atoms with E-state index in [0.717, 1.165) is 0 Å². The van der Waals surface area contributed by atoms with Crippen LogP contribution in [0.4, 0.5) is 4.39 Å². The topological polar surface area (TPSA) is 55.1 Å². The predicted octanol–water partition coefficient (Wildman–Crippen LogP) is 3.34. The Hall–Kier alpha value is -1.40. The summed E-state index contributed by atoms with van der Waals surface area (Å²) >= 11 is 8.93. The molecule has 0 saturated heterocycles. The molecule has 0 aliphatic heterocycles.